The van der Waals surface area contributed by atoms with Crippen LogP contribution in [-0.2, 0) is 0 Å². The molecule has 6 nitrogen and oxygen atoms in total. The standard InChI is InChI=1S/C23H23N5OS/c29-22(19-13-16-5-1-2-6-18(16)30-19)28-12-11-27(14-23(28)8-3-4-9-23)21-17-7-10-24-20(17)25-15-26-21/h1-2,5-7,10,13,15H,3-4,8-9,11-12,14H2,(H,24,25,26). The molecule has 1 saturated carbocycles. The first-order valence-electron chi connectivity index (χ1n) is 10.6. The lowest BCUT2D eigenvalue weighted by Crippen LogP contribution is -2.63. The molecule has 1 spiro atoms. The number of piperazine rings is 1. The summed E-state index contributed by atoms with van der Waals surface area (Å²) in [5.41, 5.74) is 0.753. The molecule has 2 fully saturated rings. The van der Waals surface area contributed by atoms with Crippen LogP contribution in [0.5, 0.6) is 0 Å². The van der Waals surface area contributed by atoms with Crippen molar-refractivity contribution in [3.63, 3.8) is 0 Å². The molecule has 1 aliphatic carbocycles. The summed E-state index contributed by atoms with van der Waals surface area (Å²) in [6.07, 6.45) is 8.00. The van der Waals surface area contributed by atoms with Gasteiger partial charge in [-0.3, -0.25) is 4.79 Å². The zero-order valence-electron chi connectivity index (χ0n) is 16.7. The van der Waals surface area contributed by atoms with E-state index in [-0.39, 0.29) is 11.4 Å². The van der Waals surface area contributed by atoms with Crippen molar-refractivity contribution in [1.82, 2.24) is 19.9 Å². The Bertz CT molecular complexity index is 1210. The lowest BCUT2D eigenvalue weighted by molar-refractivity contribution is 0.0440. The number of rotatable bonds is 2. The second-order valence-electron chi connectivity index (χ2n) is 8.40. The van der Waals surface area contributed by atoms with E-state index in [0.29, 0.717) is 0 Å². The number of hydrogen-bond donors (Lipinski definition) is 1. The Morgan fingerprint density at radius 1 is 1.10 bits per heavy atom. The lowest BCUT2D eigenvalue weighted by Gasteiger charge is -2.49. The predicted molar refractivity (Wildman–Crippen MR) is 120 cm³/mol. The van der Waals surface area contributed by atoms with Crippen LogP contribution >= 0.6 is 11.3 Å². The fraction of sp³-hybridized carbons (Fsp3) is 0.348. The van der Waals surface area contributed by atoms with Gasteiger partial charge in [0.15, 0.2) is 0 Å². The Morgan fingerprint density at radius 3 is 2.83 bits per heavy atom. The molecular weight excluding hydrogens is 394 g/mol. The van der Waals surface area contributed by atoms with Gasteiger partial charge >= 0.3 is 0 Å². The van der Waals surface area contributed by atoms with Crippen molar-refractivity contribution in [2.45, 2.75) is 31.2 Å². The van der Waals surface area contributed by atoms with Crippen molar-refractivity contribution in [2.75, 3.05) is 24.5 Å². The van der Waals surface area contributed by atoms with Crippen LogP contribution in [0, 0.1) is 0 Å². The van der Waals surface area contributed by atoms with Crippen LogP contribution in [0.1, 0.15) is 35.4 Å². The predicted octanol–water partition coefficient (Wildman–Crippen LogP) is 4.45. The molecule has 0 atom stereocenters. The topological polar surface area (TPSA) is 65.1 Å². The Morgan fingerprint density at radius 2 is 1.97 bits per heavy atom. The van der Waals surface area contributed by atoms with Crippen molar-refractivity contribution in [3.8, 4) is 0 Å². The fourth-order valence-electron chi connectivity index (χ4n) is 5.27. The molecule has 3 aromatic heterocycles. The molecule has 0 radical (unpaired) electrons. The van der Waals surface area contributed by atoms with E-state index in [0.717, 1.165) is 59.6 Å². The van der Waals surface area contributed by atoms with E-state index < -0.39 is 0 Å². The van der Waals surface area contributed by atoms with Gasteiger partial charge in [0.05, 0.1) is 15.8 Å². The number of fused-ring (bicyclic) bond motifs is 2. The number of carbonyl (C=O) groups excluding carboxylic acids is 1. The third-order valence-electron chi connectivity index (χ3n) is 6.70. The average Bonchev–Trinajstić information content (AvgIpc) is 3.52. The number of nitrogens with one attached hydrogen (secondary N) is 1. The smallest absolute Gasteiger partial charge is 0.264 e. The number of aromatic amines is 1. The van der Waals surface area contributed by atoms with E-state index >= 15 is 0 Å². The molecule has 1 saturated heterocycles. The zero-order valence-corrected chi connectivity index (χ0v) is 17.5. The number of amides is 1. The summed E-state index contributed by atoms with van der Waals surface area (Å²) in [5, 5.41) is 2.20. The third-order valence-corrected chi connectivity index (χ3v) is 7.80. The van der Waals surface area contributed by atoms with Crippen molar-refractivity contribution >= 4 is 44.2 Å². The summed E-state index contributed by atoms with van der Waals surface area (Å²) < 4.78 is 1.18. The summed E-state index contributed by atoms with van der Waals surface area (Å²) in [6.45, 7) is 2.35. The number of carbonyl (C=O) groups is 1. The minimum absolute atomic E-state index is 0.112. The minimum atomic E-state index is -0.112. The number of aromatic nitrogens is 3. The Kier molecular flexibility index (Phi) is 4.06. The van der Waals surface area contributed by atoms with Crippen LogP contribution in [0.3, 0.4) is 0 Å². The van der Waals surface area contributed by atoms with Gasteiger partial charge in [-0.15, -0.1) is 11.3 Å². The molecule has 2 aliphatic rings. The summed E-state index contributed by atoms with van der Waals surface area (Å²) >= 11 is 1.61. The molecule has 1 amide bonds. The summed E-state index contributed by atoms with van der Waals surface area (Å²) in [6, 6.07) is 12.4. The lowest BCUT2D eigenvalue weighted by atomic mass is 9.91. The molecule has 0 unspecified atom stereocenters. The van der Waals surface area contributed by atoms with Gasteiger partial charge < -0.3 is 14.8 Å². The number of thiophene rings is 1. The van der Waals surface area contributed by atoms with Crippen molar-refractivity contribution < 1.29 is 4.79 Å². The van der Waals surface area contributed by atoms with Gasteiger partial charge in [0.2, 0.25) is 0 Å². The van der Waals surface area contributed by atoms with E-state index in [9.17, 15) is 4.79 Å². The van der Waals surface area contributed by atoms with Gasteiger partial charge in [0.1, 0.15) is 17.8 Å². The molecule has 1 aliphatic heterocycles. The Hall–Kier alpha value is -2.93. The van der Waals surface area contributed by atoms with Crippen LogP contribution in [0.4, 0.5) is 5.82 Å². The molecule has 30 heavy (non-hydrogen) atoms. The largest absolute Gasteiger partial charge is 0.352 e. The zero-order chi connectivity index (χ0) is 20.1. The maximum absolute atomic E-state index is 13.6. The van der Waals surface area contributed by atoms with Crippen LogP contribution < -0.4 is 4.90 Å². The Labute approximate surface area is 178 Å². The highest BCUT2D eigenvalue weighted by Crippen LogP contribution is 2.41. The molecule has 4 heterocycles. The fourth-order valence-corrected chi connectivity index (χ4v) is 6.28. The number of hydrogen-bond acceptors (Lipinski definition) is 5. The van der Waals surface area contributed by atoms with E-state index in [1.807, 2.05) is 24.4 Å². The highest BCUT2D eigenvalue weighted by atomic mass is 32.1. The SMILES string of the molecule is O=C(c1cc2ccccc2s1)N1CCN(c2ncnc3[nH]ccc23)CC12CCCC2. The molecule has 0 bridgehead atoms. The van der Waals surface area contributed by atoms with E-state index in [2.05, 4.69) is 43.0 Å². The average molecular weight is 418 g/mol. The first-order valence-corrected chi connectivity index (χ1v) is 11.4. The summed E-state index contributed by atoms with van der Waals surface area (Å²) in [4.78, 5) is 31.1. The monoisotopic (exact) mass is 417 g/mol. The second kappa shape index (κ2) is 6.80. The van der Waals surface area contributed by atoms with E-state index in [1.54, 1.807) is 17.7 Å². The highest BCUT2D eigenvalue weighted by molar-refractivity contribution is 7.20. The summed E-state index contributed by atoms with van der Waals surface area (Å²) in [5.74, 6) is 1.16. The minimum Gasteiger partial charge on any atom is -0.352 e. The maximum Gasteiger partial charge on any atom is 0.264 e. The molecule has 152 valence electrons. The highest BCUT2D eigenvalue weighted by Gasteiger charge is 2.46. The number of nitrogens with zero attached hydrogens (tertiary/aromatic N) is 4. The molecule has 7 heteroatoms. The Balaban J connectivity index is 1.34. The quantitative estimate of drug-likeness (QED) is 0.523. The molecule has 1 N–H and O–H groups in total. The summed E-state index contributed by atoms with van der Waals surface area (Å²) in [7, 11) is 0. The van der Waals surface area contributed by atoms with Crippen molar-refractivity contribution in [3.05, 3.63) is 53.8 Å². The van der Waals surface area contributed by atoms with Gasteiger partial charge in [-0.1, -0.05) is 31.0 Å². The van der Waals surface area contributed by atoms with Gasteiger partial charge in [0, 0.05) is 30.5 Å². The van der Waals surface area contributed by atoms with Crippen molar-refractivity contribution in [2.24, 2.45) is 0 Å². The first-order chi connectivity index (χ1) is 14.7. The molecule has 4 aromatic rings. The van der Waals surface area contributed by atoms with Gasteiger partial charge in [-0.2, -0.15) is 0 Å². The van der Waals surface area contributed by atoms with Crippen molar-refractivity contribution in [1.29, 1.82) is 0 Å². The van der Waals surface area contributed by atoms with Crippen LogP contribution in [0.2, 0.25) is 0 Å². The molecular formula is C23H23N5OS. The number of H-pyrrole nitrogens is 1. The maximum atomic E-state index is 13.6. The van der Waals surface area contributed by atoms with E-state index in [4.69, 9.17) is 0 Å². The number of anilines is 1. The molecule has 1 aromatic carbocycles. The van der Waals surface area contributed by atoms with Crippen LogP contribution in [-0.4, -0.2) is 50.9 Å². The van der Waals surface area contributed by atoms with Crippen LogP contribution in [0.15, 0.2) is 48.9 Å². The molecule has 6 rings (SSSR count). The van der Waals surface area contributed by atoms with Gasteiger partial charge in [-0.05, 0) is 36.4 Å². The second-order valence-corrected chi connectivity index (χ2v) is 9.48. The third kappa shape index (κ3) is 2.72. The van der Waals surface area contributed by atoms with Gasteiger partial charge in [0.25, 0.3) is 5.91 Å². The van der Waals surface area contributed by atoms with Gasteiger partial charge in [-0.25, -0.2) is 9.97 Å². The first kappa shape index (κ1) is 17.9. The van der Waals surface area contributed by atoms with Crippen LogP contribution in [0.25, 0.3) is 21.1 Å². The number of benzene rings is 1. The normalized spacial score (nSPS) is 18.7. The van der Waals surface area contributed by atoms with E-state index in [1.165, 1.54) is 17.5 Å².